The highest BCUT2D eigenvalue weighted by atomic mass is 16.7. The standard InChI is InChI=1S/C14H14N4O4/c15-17-16-11-6-4-10(5-7-11)2-1-3-14(21)22-18-12(19)8-9-13(18)20/h4-9,19-20H,1-3H2. The first-order valence-electron chi connectivity index (χ1n) is 6.55. The van der Waals surface area contributed by atoms with Crippen molar-refractivity contribution in [2.75, 3.05) is 0 Å². The molecule has 0 radical (unpaired) electrons. The highest BCUT2D eigenvalue weighted by molar-refractivity contribution is 5.69. The molecule has 0 unspecified atom stereocenters. The van der Waals surface area contributed by atoms with Crippen molar-refractivity contribution in [2.24, 2.45) is 5.11 Å². The molecule has 1 aromatic carbocycles. The normalized spacial score (nSPS) is 10.0. The van der Waals surface area contributed by atoms with E-state index in [4.69, 9.17) is 10.4 Å². The van der Waals surface area contributed by atoms with Gasteiger partial charge in [0, 0.05) is 29.2 Å². The van der Waals surface area contributed by atoms with Gasteiger partial charge >= 0.3 is 5.97 Å². The Hall–Kier alpha value is -3.12. The summed E-state index contributed by atoms with van der Waals surface area (Å²) in [5, 5.41) is 22.2. The van der Waals surface area contributed by atoms with Crippen LogP contribution in [0.2, 0.25) is 0 Å². The van der Waals surface area contributed by atoms with Crippen LogP contribution in [-0.4, -0.2) is 20.9 Å². The largest absolute Gasteiger partial charge is 0.492 e. The second kappa shape index (κ2) is 7.05. The molecule has 0 amide bonds. The lowest BCUT2D eigenvalue weighted by atomic mass is 10.1. The fourth-order valence-electron chi connectivity index (χ4n) is 1.86. The van der Waals surface area contributed by atoms with Gasteiger partial charge in [-0.2, -0.15) is 0 Å². The Morgan fingerprint density at radius 3 is 2.41 bits per heavy atom. The molecule has 0 bridgehead atoms. The first-order valence-corrected chi connectivity index (χ1v) is 6.55. The van der Waals surface area contributed by atoms with Crippen LogP contribution in [0.4, 0.5) is 5.69 Å². The Kier molecular flexibility index (Phi) is 4.89. The van der Waals surface area contributed by atoms with Gasteiger partial charge in [-0.15, -0.1) is 4.73 Å². The molecule has 1 aromatic heterocycles. The minimum Gasteiger partial charge on any atom is -0.492 e. The number of carbonyl (C=O) groups is 1. The molecule has 22 heavy (non-hydrogen) atoms. The van der Waals surface area contributed by atoms with E-state index >= 15 is 0 Å². The highest BCUT2D eigenvalue weighted by Crippen LogP contribution is 2.19. The Morgan fingerprint density at radius 2 is 1.82 bits per heavy atom. The van der Waals surface area contributed by atoms with E-state index < -0.39 is 5.97 Å². The molecule has 0 fully saturated rings. The Balaban J connectivity index is 1.80. The molecule has 8 nitrogen and oxygen atoms in total. The van der Waals surface area contributed by atoms with E-state index in [9.17, 15) is 15.0 Å². The predicted molar refractivity (Wildman–Crippen MR) is 77.5 cm³/mol. The first-order chi connectivity index (χ1) is 10.6. The van der Waals surface area contributed by atoms with Crippen LogP contribution in [0.5, 0.6) is 11.8 Å². The van der Waals surface area contributed by atoms with Crippen molar-refractivity contribution < 1.29 is 19.8 Å². The van der Waals surface area contributed by atoms with Gasteiger partial charge < -0.3 is 15.1 Å². The minimum absolute atomic E-state index is 0.134. The topological polar surface area (TPSA) is 120 Å². The first kappa shape index (κ1) is 15.3. The fraction of sp³-hybridized carbons (Fsp3) is 0.214. The number of hydrogen-bond acceptors (Lipinski definition) is 5. The summed E-state index contributed by atoms with van der Waals surface area (Å²) in [5.41, 5.74) is 9.83. The van der Waals surface area contributed by atoms with Gasteiger partial charge in [-0.1, -0.05) is 29.4 Å². The molecule has 0 saturated heterocycles. The van der Waals surface area contributed by atoms with E-state index in [1.807, 2.05) is 12.1 Å². The van der Waals surface area contributed by atoms with Crippen molar-refractivity contribution in [1.29, 1.82) is 0 Å². The number of aromatic nitrogens is 1. The lowest BCUT2D eigenvalue weighted by Crippen LogP contribution is -2.18. The van der Waals surface area contributed by atoms with E-state index in [2.05, 4.69) is 10.0 Å². The number of azide groups is 1. The molecule has 1 heterocycles. The molecule has 0 aliphatic carbocycles. The number of aryl methyl sites for hydroxylation is 1. The molecule has 114 valence electrons. The summed E-state index contributed by atoms with van der Waals surface area (Å²) in [5.74, 6) is -1.26. The summed E-state index contributed by atoms with van der Waals surface area (Å²) in [4.78, 5) is 19.1. The molecule has 2 N–H and O–H groups in total. The van der Waals surface area contributed by atoms with Gasteiger partial charge in [0.1, 0.15) is 0 Å². The number of aromatic hydroxyl groups is 2. The third-order valence-corrected chi connectivity index (χ3v) is 2.93. The van der Waals surface area contributed by atoms with Crippen LogP contribution in [0.25, 0.3) is 10.4 Å². The van der Waals surface area contributed by atoms with Gasteiger partial charge in [0.25, 0.3) is 0 Å². The predicted octanol–water partition coefficient (Wildman–Crippen LogP) is 2.82. The summed E-state index contributed by atoms with van der Waals surface area (Å²) in [6.07, 6.45) is 1.33. The average molecular weight is 302 g/mol. The van der Waals surface area contributed by atoms with Crippen molar-refractivity contribution in [3.05, 3.63) is 52.4 Å². The van der Waals surface area contributed by atoms with Crippen LogP contribution in [-0.2, 0) is 11.2 Å². The summed E-state index contributed by atoms with van der Waals surface area (Å²) in [7, 11) is 0. The van der Waals surface area contributed by atoms with Crippen molar-refractivity contribution in [2.45, 2.75) is 19.3 Å². The van der Waals surface area contributed by atoms with Gasteiger partial charge in [-0.25, -0.2) is 4.79 Å². The van der Waals surface area contributed by atoms with Gasteiger partial charge in [-0.3, -0.25) is 0 Å². The van der Waals surface area contributed by atoms with E-state index in [1.165, 1.54) is 12.1 Å². The molecule has 2 rings (SSSR count). The number of hydrogen-bond donors (Lipinski definition) is 2. The number of benzene rings is 1. The highest BCUT2D eigenvalue weighted by Gasteiger charge is 2.11. The van der Waals surface area contributed by atoms with E-state index in [0.717, 1.165) is 5.56 Å². The SMILES string of the molecule is [N-]=[N+]=Nc1ccc(CCCC(=O)On2c(O)ccc2O)cc1. The molecular weight excluding hydrogens is 288 g/mol. The number of nitrogens with zero attached hydrogens (tertiary/aromatic N) is 4. The van der Waals surface area contributed by atoms with Crippen LogP contribution in [0.1, 0.15) is 18.4 Å². The van der Waals surface area contributed by atoms with Crippen LogP contribution in [0, 0.1) is 0 Å². The molecule has 0 atom stereocenters. The lowest BCUT2D eigenvalue weighted by molar-refractivity contribution is -0.145. The van der Waals surface area contributed by atoms with Crippen LogP contribution in [0.3, 0.4) is 0 Å². The summed E-state index contributed by atoms with van der Waals surface area (Å²) in [6.45, 7) is 0. The number of rotatable bonds is 6. The Morgan fingerprint density at radius 1 is 1.18 bits per heavy atom. The molecule has 0 saturated carbocycles. The zero-order chi connectivity index (χ0) is 15.9. The second-order valence-corrected chi connectivity index (χ2v) is 4.52. The average Bonchev–Trinajstić information content (AvgIpc) is 2.81. The van der Waals surface area contributed by atoms with Gasteiger partial charge in [0.2, 0.25) is 11.8 Å². The molecule has 2 aromatic rings. The minimum atomic E-state index is -0.562. The van der Waals surface area contributed by atoms with E-state index in [1.54, 1.807) is 12.1 Å². The monoisotopic (exact) mass is 302 g/mol. The maximum absolute atomic E-state index is 11.6. The van der Waals surface area contributed by atoms with Crippen LogP contribution in [0.15, 0.2) is 41.5 Å². The zero-order valence-electron chi connectivity index (χ0n) is 11.6. The quantitative estimate of drug-likeness (QED) is 0.484. The fourth-order valence-corrected chi connectivity index (χ4v) is 1.86. The summed E-state index contributed by atoms with van der Waals surface area (Å²) < 4.78 is 0.664. The van der Waals surface area contributed by atoms with E-state index in [-0.39, 0.29) is 18.2 Å². The van der Waals surface area contributed by atoms with E-state index in [0.29, 0.717) is 23.3 Å². The maximum Gasteiger partial charge on any atom is 0.333 e. The van der Waals surface area contributed by atoms with Crippen molar-refractivity contribution in [1.82, 2.24) is 4.73 Å². The zero-order valence-corrected chi connectivity index (χ0v) is 11.6. The third kappa shape index (κ3) is 3.94. The second-order valence-electron chi connectivity index (χ2n) is 4.52. The third-order valence-electron chi connectivity index (χ3n) is 2.93. The smallest absolute Gasteiger partial charge is 0.333 e. The molecule has 8 heteroatoms. The van der Waals surface area contributed by atoms with Crippen LogP contribution < -0.4 is 4.84 Å². The molecular formula is C14H14N4O4. The molecule has 0 spiro atoms. The summed E-state index contributed by atoms with van der Waals surface area (Å²) in [6, 6.07) is 9.46. The number of carbonyl (C=O) groups excluding carboxylic acids is 1. The van der Waals surface area contributed by atoms with Gasteiger partial charge in [0.05, 0.1) is 0 Å². The maximum atomic E-state index is 11.6. The lowest BCUT2D eigenvalue weighted by Gasteiger charge is -2.06. The Bertz CT molecular complexity index is 683. The molecule has 0 aliphatic rings. The summed E-state index contributed by atoms with van der Waals surface area (Å²) >= 11 is 0. The van der Waals surface area contributed by atoms with Gasteiger partial charge in [-0.05, 0) is 23.9 Å². The molecule has 0 aliphatic heterocycles. The van der Waals surface area contributed by atoms with Gasteiger partial charge in [0.15, 0.2) is 0 Å². The van der Waals surface area contributed by atoms with Crippen molar-refractivity contribution >= 4 is 11.7 Å². The van der Waals surface area contributed by atoms with Crippen LogP contribution >= 0.6 is 0 Å². The Labute approximate surface area is 125 Å². The van der Waals surface area contributed by atoms with Crippen molar-refractivity contribution in [3.63, 3.8) is 0 Å². The van der Waals surface area contributed by atoms with Crippen molar-refractivity contribution in [3.8, 4) is 11.8 Å².